The average Bonchev–Trinajstić information content (AvgIpc) is 2.45. The zero-order chi connectivity index (χ0) is 15.8. The minimum absolute atomic E-state index is 0.173. The van der Waals surface area contributed by atoms with E-state index in [0.717, 1.165) is 0 Å². The van der Waals surface area contributed by atoms with E-state index in [1.165, 1.54) is 12.0 Å². The van der Waals surface area contributed by atoms with Crippen molar-refractivity contribution in [3.05, 3.63) is 34.3 Å². The quantitative estimate of drug-likeness (QED) is 0.786. The fraction of sp³-hybridized carbons (Fsp3) is 0.400. The van der Waals surface area contributed by atoms with E-state index in [2.05, 4.69) is 11.8 Å². The number of nitrogens with two attached hydrogens (primary N) is 1. The number of carbonyl (C=O) groups is 1. The zero-order valence-corrected chi connectivity index (χ0v) is 12.9. The highest BCUT2D eigenvalue weighted by molar-refractivity contribution is 6.32. The van der Waals surface area contributed by atoms with E-state index >= 15 is 0 Å². The fourth-order valence-corrected chi connectivity index (χ4v) is 1.99. The van der Waals surface area contributed by atoms with Crippen LogP contribution in [0.15, 0.2) is 18.2 Å². The van der Waals surface area contributed by atoms with Gasteiger partial charge in [-0.1, -0.05) is 23.4 Å². The van der Waals surface area contributed by atoms with E-state index in [1.807, 2.05) is 0 Å². The predicted molar refractivity (Wildman–Crippen MR) is 82.2 cm³/mol. The Balaban J connectivity index is 2.81. The monoisotopic (exact) mass is 310 g/mol. The Morgan fingerprint density at radius 2 is 2.29 bits per heavy atom. The molecule has 0 saturated heterocycles. The zero-order valence-electron chi connectivity index (χ0n) is 12.1. The van der Waals surface area contributed by atoms with Gasteiger partial charge in [-0.25, -0.2) is 0 Å². The SMILES string of the molecule is COCC(O)CN(C)C(=O)c1ccc(C#CCN)c(Cl)c1. The number of halogens is 1. The third kappa shape index (κ3) is 5.37. The molecule has 6 heteroatoms. The standard InChI is InChI=1S/C15H19ClN2O3/c1-18(9-13(19)10-21-2)15(20)12-6-5-11(4-3-7-17)14(16)8-12/h5-6,8,13,19H,7,9-10,17H2,1-2H3. The lowest BCUT2D eigenvalue weighted by molar-refractivity contribution is 0.0380. The van der Waals surface area contributed by atoms with Gasteiger partial charge in [-0.3, -0.25) is 4.79 Å². The van der Waals surface area contributed by atoms with Crippen LogP contribution < -0.4 is 5.73 Å². The maximum absolute atomic E-state index is 12.2. The van der Waals surface area contributed by atoms with Crippen LogP contribution in [0.5, 0.6) is 0 Å². The van der Waals surface area contributed by atoms with E-state index in [4.69, 9.17) is 22.1 Å². The maximum atomic E-state index is 12.2. The highest BCUT2D eigenvalue weighted by Crippen LogP contribution is 2.18. The number of aliphatic hydroxyl groups is 1. The summed E-state index contributed by atoms with van der Waals surface area (Å²) in [4.78, 5) is 13.6. The van der Waals surface area contributed by atoms with Crippen molar-refractivity contribution in [2.75, 3.05) is 33.9 Å². The van der Waals surface area contributed by atoms with Crippen LogP contribution >= 0.6 is 11.6 Å². The maximum Gasteiger partial charge on any atom is 0.253 e. The fourth-order valence-electron chi connectivity index (χ4n) is 1.76. The highest BCUT2D eigenvalue weighted by Gasteiger charge is 2.16. The Kier molecular flexibility index (Phi) is 7.20. The summed E-state index contributed by atoms with van der Waals surface area (Å²) in [5.41, 5.74) is 6.37. The average molecular weight is 311 g/mol. The Morgan fingerprint density at radius 1 is 1.57 bits per heavy atom. The molecular weight excluding hydrogens is 292 g/mol. The van der Waals surface area contributed by atoms with E-state index < -0.39 is 6.10 Å². The lowest BCUT2D eigenvalue weighted by Crippen LogP contribution is -2.36. The van der Waals surface area contributed by atoms with Crippen molar-refractivity contribution in [2.24, 2.45) is 5.73 Å². The van der Waals surface area contributed by atoms with Crippen molar-refractivity contribution in [2.45, 2.75) is 6.10 Å². The summed E-state index contributed by atoms with van der Waals surface area (Å²) < 4.78 is 4.83. The molecule has 1 rings (SSSR count). The molecule has 0 aromatic heterocycles. The summed E-state index contributed by atoms with van der Waals surface area (Å²) in [7, 11) is 3.10. The van der Waals surface area contributed by atoms with E-state index in [1.54, 1.807) is 25.2 Å². The molecule has 0 bridgehead atoms. The Morgan fingerprint density at radius 3 is 2.86 bits per heavy atom. The summed E-state index contributed by atoms with van der Waals surface area (Å²) in [6, 6.07) is 4.88. The lowest BCUT2D eigenvalue weighted by Gasteiger charge is -2.20. The molecule has 0 spiro atoms. The van der Waals surface area contributed by atoms with Crippen molar-refractivity contribution in [3.8, 4) is 11.8 Å². The van der Waals surface area contributed by atoms with Crippen LogP contribution in [0.2, 0.25) is 5.02 Å². The molecule has 0 saturated carbocycles. The molecule has 21 heavy (non-hydrogen) atoms. The molecular formula is C15H19ClN2O3. The molecule has 0 aliphatic rings. The van der Waals surface area contributed by atoms with E-state index in [-0.39, 0.29) is 25.6 Å². The number of hydrogen-bond donors (Lipinski definition) is 2. The van der Waals surface area contributed by atoms with Crippen LogP contribution in [0.1, 0.15) is 15.9 Å². The Hall–Kier alpha value is -1.58. The molecule has 0 aliphatic carbocycles. The summed E-state index contributed by atoms with van der Waals surface area (Å²) in [6.07, 6.45) is -0.728. The van der Waals surface area contributed by atoms with Crippen molar-refractivity contribution in [3.63, 3.8) is 0 Å². The first-order valence-electron chi connectivity index (χ1n) is 6.40. The molecule has 0 heterocycles. The summed E-state index contributed by atoms with van der Waals surface area (Å²) in [5.74, 6) is 5.31. The molecule has 0 fully saturated rings. The second-order valence-electron chi connectivity index (χ2n) is 4.50. The topological polar surface area (TPSA) is 75.8 Å². The molecule has 114 valence electrons. The largest absolute Gasteiger partial charge is 0.389 e. The number of rotatable bonds is 5. The summed E-state index contributed by atoms with van der Waals surface area (Å²) in [5, 5.41) is 10.0. The van der Waals surface area contributed by atoms with E-state index in [0.29, 0.717) is 16.1 Å². The number of nitrogens with zero attached hydrogens (tertiary/aromatic N) is 1. The summed E-state index contributed by atoms with van der Waals surface area (Å²) >= 11 is 6.09. The number of ether oxygens (including phenoxy) is 1. The number of hydrogen-bond acceptors (Lipinski definition) is 4. The minimum Gasteiger partial charge on any atom is -0.389 e. The van der Waals surface area contributed by atoms with Crippen molar-refractivity contribution >= 4 is 17.5 Å². The third-order valence-electron chi connectivity index (χ3n) is 2.73. The minimum atomic E-state index is -0.728. The number of benzene rings is 1. The van der Waals surface area contributed by atoms with Gasteiger partial charge in [0.05, 0.1) is 24.3 Å². The first kappa shape index (κ1) is 17.5. The first-order chi connectivity index (χ1) is 9.99. The Bertz CT molecular complexity index is 552. The Labute approximate surface area is 129 Å². The van der Waals surface area contributed by atoms with Crippen molar-refractivity contribution in [1.82, 2.24) is 4.90 Å². The van der Waals surface area contributed by atoms with Gasteiger partial charge in [0.2, 0.25) is 0 Å². The molecule has 0 radical (unpaired) electrons. The smallest absolute Gasteiger partial charge is 0.253 e. The molecule has 3 N–H and O–H groups in total. The van der Waals surface area contributed by atoms with Crippen LogP contribution in [0.4, 0.5) is 0 Å². The molecule has 5 nitrogen and oxygen atoms in total. The number of carbonyl (C=O) groups excluding carboxylic acids is 1. The lowest BCUT2D eigenvalue weighted by atomic mass is 10.1. The number of amides is 1. The third-order valence-corrected chi connectivity index (χ3v) is 3.04. The van der Waals surface area contributed by atoms with Gasteiger partial charge in [-0.2, -0.15) is 0 Å². The van der Waals surface area contributed by atoms with Gasteiger partial charge >= 0.3 is 0 Å². The first-order valence-corrected chi connectivity index (χ1v) is 6.78. The van der Waals surface area contributed by atoms with Gasteiger partial charge in [-0.05, 0) is 18.2 Å². The van der Waals surface area contributed by atoms with Crippen LogP contribution in [-0.4, -0.2) is 55.9 Å². The highest BCUT2D eigenvalue weighted by atomic mass is 35.5. The van der Waals surface area contributed by atoms with Crippen LogP contribution in [0.25, 0.3) is 0 Å². The van der Waals surface area contributed by atoms with Crippen molar-refractivity contribution < 1.29 is 14.6 Å². The predicted octanol–water partition coefficient (Wildman–Crippen LogP) is 0.730. The second-order valence-corrected chi connectivity index (χ2v) is 4.90. The van der Waals surface area contributed by atoms with Crippen molar-refractivity contribution in [1.29, 1.82) is 0 Å². The van der Waals surface area contributed by atoms with Crippen LogP contribution in [-0.2, 0) is 4.74 Å². The summed E-state index contributed by atoms with van der Waals surface area (Å²) in [6.45, 7) is 0.599. The van der Waals surface area contributed by atoms with E-state index in [9.17, 15) is 9.90 Å². The molecule has 1 aromatic carbocycles. The van der Waals surface area contributed by atoms with Gasteiger partial charge in [-0.15, -0.1) is 0 Å². The van der Waals surface area contributed by atoms with Gasteiger partial charge in [0.25, 0.3) is 5.91 Å². The second kappa shape index (κ2) is 8.65. The molecule has 0 aliphatic heterocycles. The molecule has 1 unspecified atom stereocenters. The van der Waals surface area contributed by atoms with Gasteiger partial charge in [0.15, 0.2) is 0 Å². The van der Waals surface area contributed by atoms with Gasteiger partial charge in [0.1, 0.15) is 0 Å². The normalized spacial score (nSPS) is 11.5. The molecule has 1 aromatic rings. The van der Waals surface area contributed by atoms with Crippen LogP contribution in [0.3, 0.4) is 0 Å². The number of methoxy groups -OCH3 is 1. The van der Waals surface area contributed by atoms with Gasteiger partial charge < -0.3 is 20.5 Å². The number of likely N-dealkylation sites (N-methyl/N-ethyl adjacent to an activating group) is 1. The molecule has 1 atom stereocenters. The van der Waals surface area contributed by atoms with Gasteiger partial charge in [0, 0.05) is 31.8 Å². The number of aliphatic hydroxyl groups excluding tert-OH is 1. The van der Waals surface area contributed by atoms with Crippen LogP contribution in [0, 0.1) is 11.8 Å². The molecule has 1 amide bonds.